The molecule has 28 nitrogen and oxygen atoms in total. The van der Waals surface area contributed by atoms with Crippen LogP contribution in [-0.2, 0) is 4.74 Å². The summed E-state index contributed by atoms with van der Waals surface area (Å²) >= 11 is 9.37. The zero-order valence-corrected chi connectivity index (χ0v) is 46.0. The molecule has 11 rings (SSSR count). The molecule has 0 saturated heterocycles. The van der Waals surface area contributed by atoms with Crippen molar-refractivity contribution in [3.8, 4) is 23.0 Å². The normalized spacial score (nSPS) is 10.2. The number of carbonyl (C=O) groups excluding carboxylic acids is 2. The number of halogens is 3. The number of nitrogens with zero attached hydrogens (tertiary/aromatic N) is 13. The van der Waals surface area contributed by atoms with Crippen LogP contribution in [0, 0.1) is 0 Å². The van der Waals surface area contributed by atoms with Crippen molar-refractivity contribution in [1.29, 1.82) is 0 Å². The molecule has 0 fully saturated rings. The van der Waals surface area contributed by atoms with Crippen LogP contribution < -0.4 is 45.0 Å². The van der Waals surface area contributed by atoms with Crippen molar-refractivity contribution in [2.24, 2.45) is 0 Å². The van der Waals surface area contributed by atoms with Crippen LogP contribution >= 0.6 is 47.8 Å². The van der Waals surface area contributed by atoms with Crippen molar-refractivity contribution in [2.75, 3.05) is 52.1 Å². The number of nitrogens with two attached hydrogens (primary N) is 6. The third-order valence-electron chi connectivity index (χ3n) is 10.0. The highest BCUT2D eigenvalue weighted by atomic mass is 79.9. The van der Waals surface area contributed by atoms with Gasteiger partial charge >= 0.3 is 11.9 Å². The van der Waals surface area contributed by atoms with E-state index >= 15 is 0 Å². The molecule has 1 amide bonds. The number of H-pyrrole nitrogens is 2. The van der Waals surface area contributed by atoms with Gasteiger partial charge < -0.3 is 64.8 Å². The second kappa shape index (κ2) is 27.1. The molecule has 404 valence electrons. The Balaban J connectivity index is 0.000000149. The molecule has 0 unspecified atom stereocenters. The number of anilines is 9. The summed E-state index contributed by atoms with van der Waals surface area (Å²) in [7, 11) is 1.26. The smallest absolute Gasteiger partial charge is 0.360 e. The van der Waals surface area contributed by atoms with E-state index in [4.69, 9.17) is 39.5 Å². The largest absolute Gasteiger partial charge is 0.476 e. The summed E-state index contributed by atoms with van der Waals surface area (Å²) in [5, 5.41) is 14.3. The first kappa shape index (κ1) is 57.3. The molecule has 0 aliphatic heterocycles. The van der Waals surface area contributed by atoms with Crippen LogP contribution in [0.4, 0.5) is 52.0 Å². The Morgan fingerprint density at radius 3 is 1.59 bits per heavy atom. The molecule has 80 heavy (non-hydrogen) atoms. The summed E-state index contributed by atoms with van der Waals surface area (Å²) in [5.74, 6) is 0.301. The highest BCUT2D eigenvalue weighted by Gasteiger charge is 2.17. The van der Waals surface area contributed by atoms with E-state index in [1.807, 2.05) is 60.7 Å². The zero-order chi connectivity index (χ0) is 57.3. The van der Waals surface area contributed by atoms with Crippen molar-refractivity contribution in [1.82, 2.24) is 74.8 Å². The highest BCUT2D eigenvalue weighted by Crippen LogP contribution is 2.26. The summed E-state index contributed by atoms with van der Waals surface area (Å²) in [6.07, 6.45) is 12.1. The first-order chi connectivity index (χ1) is 38.5. The van der Waals surface area contributed by atoms with Gasteiger partial charge in [-0.1, -0.05) is 36.4 Å². The fourth-order valence-electron chi connectivity index (χ4n) is 6.37. The maximum Gasteiger partial charge on any atom is 0.360 e. The third kappa shape index (κ3) is 15.4. The number of para-hydroxylation sites is 6. The van der Waals surface area contributed by atoms with Crippen LogP contribution in [0.15, 0.2) is 148 Å². The number of benzene rings is 3. The minimum Gasteiger partial charge on any atom is -0.476 e. The predicted octanol–water partition coefficient (Wildman–Crippen LogP) is 7.13. The number of amides is 1. The quantitative estimate of drug-likeness (QED) is 0.0532. The van der Waals surface area contributed by atoms with Gasteiger partial charge in [0.1, 0.15) is 25.3 Å². The van der Waals surface area contributed by atoms with Crippen molar-refractivity contribution < 1.29 is 24.2 Å². The highest BCUT2D eigenvalue weighted by molar-refractivity contribution is 9.11. The van der Waals surface area contributed by atoms with Gasteiger partial charge in [0.2, 0.25) is 0 Å². The maximum absolute atomic E-state index is 12.0. The lowest BCUT2D eigenvalue weighted by molar-refractivity contribution is 0.0593. The van der Waals surface area contributed by atoms with Crippen LogP contribution in [0.3, 0.4) is 0 Å². The molecular weight excluding hydrogens is 1230 g/mol. The number of hydrogen-bond acceptors (Lipinski definition) is 24. The molecule has 0 radical (unpaired) electrons. The zero-order valence-electron chi connectivity index (χ0n) is 41.2. The van der Waals surface area contributed by atoms with Gasteiger partial charge in [-0.2, -0.15) is 0 Å². The van der Waals surface area contributed by atoms with E-state index in [1.165, 1.54) is 31.9 Å². The van der Waals surface area contributed by atoms with Crippen molar-refractivity contribution in [3.63, 3.8) is 0 Å². The molecule has 11 aromatic rings. The second-order valence-electron chi connectivity index (χ2n) is 15.5. The number of fused-ring (bicyclic) bond motifs is 2. The van der Waals surface area contributed by atoms with E-state index in [0.29, 0.717) is 65.7 Å². The lowest BCUT2D eigenvalue weighted by Gasteiger charge is -2.08. The van der Waals surface area contributed by atoms with Gasteiger partial charge in [0.05, 0.1) is 77.2 Å². The van der Waals surface area contributed by atoms with Crippen molar-refractivity contribution >= 4 is 140 Å². The van der Waals surface area contributed by atoms with Gasteiger partial charge in [0.15, 0.2) is 63.5 Å². The summed E-state index contributed by atoms with van der Waals surface area (Å²) in [6, 6.07) is 26.2. The molecule has 31 heteroatoms. The second-order valence-corrected chi connectivity index (χ2v) is 17.9. The number of pyridine rings is 1. The summed E-state index contributed by atoms with van der Waals surface area (Å²) in [4.78, 5) is 91.9. The minimum atomic E-state index is -1.18. The number of hydrogen-bond donors (Lipinski definition) is 11. The number of nitrogen functional groups attached to an aromatic ring is 6. The maximum atomic E-state index is 12.0. The van der Waals surface area contributed by atoms with Gasteiger partial charge in [0, 0.05) is 18.6 Å². The van der Waals surface area contributed by atoms with Gasteiger partial charge in [-0.25, -0.2) is 69.4 Å². The average molecular weight is 1270 g/mol. The number of carboxylic acids is 1. The Bertz CT molecular complexity index is 3900. The number of rotatable bonds is 8. The summed E-state index contributed by atoms with van der Waals surface area (Å²) in [6.45, 7) is 0. The van der Waals surface area contributed by atoms with Crippen molar-refractivity contribution in [3.05, 3.63) is 165 Å². The van der Waals surface area contributed by atoms with Crippen LogP contribution in [0.25, 0.3) is 45.1 Å². The fourth-order valence-corrected chi connectivity index (χ4v) is 7.21. The summed E-state index contributed by atoms with van der Waals surface area (Å²) in [5.41, 5.74) is 39.9. The third-order valence-corrected chi connectivity index (χ3v) is 11.2. The Hall–Kier alpha value is -10.4. The number of ether oxygens (including phenoxy) is 1. The molecule has 8 heterocycles. The molecule has 0 aliphatic carbocycles. The Kier molecular flexibility index (Phi) is 19.4. The number of aromatic carboxylic acids is 1. The topological polar surface area (TPSA) is 460 Å². The number of nitrogens with one attached hydrogen (secondary N) is 4. The molecule has 0 spiro atoms. The Morgan fingerprint density at radius 2 is 1.04 bits per heavy atom. The molecule has 0 aliphatic rings. The van der Waals surface area contributed by atoms with Crippen LogP contribution in [0.2, 0.25) is 0 Å². The summed E-state index contributed by atoms with van der Waals surface area (Å²) < 4.78 is 5.81. The molecule has 8 aromatic heterocycles. The van der Waals surface area contributed by atoms with Crippen molar-refractivity contribution in [2.45, 2.75) is 0 Å². The fraction of sp³-hybridized carbons (Fsp3) is 0.0204. The number of imidazole rings is 2. The number of carboxylic acid groups (broad SMARTS) is 1. The molecule has 0 atom stereocenters. The molecule has 0 saturated carbocycles. The van der Waals surface area contributed by atoms with Gasteiger partial charge in [0.25, 0.3) is 5.91 Å². The van der Waals surface area contributed by atoms with E-state index < -0.39 is 17.8 Å². The van der Waals surface area contributed by atoms with E-state index in [2.05, 4.69) is 138 Å². The number of methoxy groups -OCH3 is 1. The van der Waals surface area contributed by atoms with Gasteiger partial charge in [-0.3, -0.25) is 9.78 Å². The van der Waals surface area contributed by atoms with E-state index in [-0.39, 0.29) is 34.5 Å². The lowest BCUT2D eigenvalue weighted by Crippen LogP contribution is -2.17. The van der Waals surface area contributed by atoms with E-state index in [1.54, 1.807) is 49.1 Å². The van der Waals surface area contributed by atoms with Gasteiger partial charge in [-0.05, 0) is 96.3 Å². The van der Waals surface area contributed by atoms with Gasteiger partial charge in [-0.15, -0.1) is 0 Å². The number of carbonyl (C=O) groups is 3. The monoisotopic (exact) mass is 1270 g/mol. The Morgan fingerprint density at radius 1 is 0.525 bits per heavy atom. The number of aromatic nitrogens is 15. The number of esters is 1. The molecular formula is C49H42Br3N23O5. The van der Waals surface area contributed by atoms with Crippen LogP contribution in [-0.4, -0.2) is 105 Å². The number of aromatic amines is 2. The predicted molar refractivity (Wildman–Crippen MR) is 310 cm³/mol. The van der Waals surface area contributed by atoms with E-state index in [0.717, 1.165) is 27.8 Å². The SMILES string of the molecule is COC(=O)c1nccnc1N.Nc1ccccc1NC(=O)c1nc(Br)cnc1N.Nc1ncc(Br)nc1-c1nc2ccccc2[nH]1.Nc1ncc(Br)nc1C(=O)O.Nc1ncc(Nc2cccnc2)nc1-c1nc2ccccc2[nH]1. The molecule has 3 aromatic carbocycles. The van der Waals surface area contributed by atoms with Crippen LogP contribution in [0.5, 0.6) is 0 Å². The first-order valence-electron chi connectivity index (χ1n) is 22.6. The lowest BCUT2D eigenvalue weighted by atomic mass is 10.2. The average Bonchev–Trinajstić information content (AvgIpc) is 4.10. The standard InChI is InChI=1S/C16H13N7.C11H10BrN5O.C11H8BrN5.C6H7N3O2.C5H4BrN3O2/c17-15-14(16-21-11-5-1-2-6-12(11)22-16)23-13(9-19-15)20-10-4-3-7-18-8-10;12-8-5-15-10(14)9(17-8)11(18)16-7-4-2-1-3-6(7)13;12-8-5-14-10(13)9(17-8)11-15-6-3-1-2-4-7(6)16-11;1-11-6(10)4-5(7)9-3-2-8-4;6-2-1-8-4(7)3(9-2)5(10)11/h1-9H,(H2,17,19)(H,20,23)(H,21,22);1-5H,13H2,(H2,14,15)(H,16,18);1-5H,(H2,13,14)(H,15,16);2-3H,1H3,(H2,7,9);1H,(H2,7,8)(H,10,11). The van der Waals surface area contributed by atoms with E-state index in [9.17, 15) is 14.4 Å². The Labute approximate surface area is 476 Å². The molecule has 17 N–H and O–H groups in total. The first-order valence-corrected chi connectivity index (χ1v) is 24.9. The molecule has 0 bridgehead atoms. The minimum absolute atomic E-state index is 0.0487. The van der Waals surface area contributed by atoms with Crippen LogP contribution in [0.1, 0.15) is 31.5 Å².